The summed E-state index contributed by atoms with van der Waals surface area (Å²) >= 11 is 0. The number of unbranched alkanes of at least 4 members (excludes halogenated alkanes) is 2. The normalized spacial score (nSPS) is 16.7. The molecule has 0 N–H and O–H groups in total. The molecule has 1 atom stereocenters. The van der Waals surface area contributed by atoms with E-state index in [1.165, 1.54) is 5.56 Å². The number of carbonyl (C=O) groups is 1. The van der Waals surface area contributed by atoms with Crippen LogP contribution in [-0.2, 0) is 14.9 Å². The Hall–Kier alpha value is -2.03. The number of rotatable bonds is 7. The van der Waals surface area contributed by atoms with Gasteiger partial charge in [-0.05, 0) is 25.0 Å². The predicted molar refractivity (Wildman–Crippen MR) is 99.9 cm³/mol. The van der Waals surface area contributed by atoms with Crippen molar-refractivity contribution in [2.24, 2.45) is 0 Å². The van der Waals surface area contributed by atoms with E-state index in [2.05, 4.69) is 51.0 Å². The highest BCUT2D eigenvalue weighted by molar-refractivity contribution is 5.87. The molecule has 0 bridgehead atoms. The van der Waals surface area contributed by atoms with Gasteiger partial charge in [-0.15, -0.1) is 0 Å². The maximum Gasteiger partial charge on any atom is 0.335 e. The molecule has 1 aliphatic heterocycles. The molecule has 2 rings (SSSR count). The van der Waals surface area contributed by atoms with E-state index in [0.717, 1.165) is 37.1 Å². The van der Waals surface area contributed by atoms with Gasteiger partial charge in [-0.25, -0.2) is 4.79 Å². The molecule has 0 radical (unpaired) electrons. The van der Waals surface area contributed by atoms with Gasteiger partial charge in [0.1, 0.15) is 0 Å². The van der Waals surface area contributed by atoms with Crippen molar-refractivity contribution in [2.45, 2.75) is 65.0 Å². The summed E-state index contributed by atoms with van der Waals surface area (Å²) in [4.78, 5) is 14.2. The number of allylic oxidation sites excluding steroid dienone is 1. The molecular formula is C21H29NO2. The van der Waals surface area contributed by atoms with Crippen LogP contribution >= 0.6 is 0 Å². The summed E-state index contributed by atoms with van der Waals surface area (Å²) in [5.74, 6) is -0.341. The lowest BCUT2D eigenvalue weighted by Gasteiger charge is -2.33. The lowest BCUT2D eigenvalue weighted by molar-refractivity contribution is -0.144. The number of benzene rings is 1. The number of ether oxygens (including phenoxy) is 1. The van der Waals surface area contributed by atoms with Crippen molar-refractivity contribution < 1.29 is 9.53 Å². The van der Waals surface area contributed by atoms with Gasteiger partial charge in [0.2, 0.25) is 0 Å². The molecule has 24 heavy (non-hydrogen) atoms. The Morgan fingerprint density at radius 2 is 1.96 bits per heavy atom. The molecule has 0 saturated heterocycles. The van der Waals surface area contributed by atoms with Gasteiger partial charge in [0.25, 0.3) is 0 Å². The van der Waals surface area contributed by atoms with Crippen molar-refractivity contribution in [3.8, 4) is 0 Å². The highest BCUT2D eigenvalue weighted by atomic mass is 16.6. The van der Waals surface area contributed by atoms with Gasteiger partial charge in [-0.1, -0.05) is 65.0 Å². The van der Waals surface area contributed by atoms with Crippen molar-refractivity contribution >= 4 is 11.7 Å². The fraction of sp³-hybridized carbons (Fsp3) is 0.476. The zero-order valence-electron chi connectivity index (χ0n) is 15.4. The minimum absolute atomic E-state index is 0.171. The van der Waals surface area contributed by atoms with Gasteiger partial charge in [0, 0.05) is 28.8 Å². The Morgan fingerprint density at radius 3 is 2.58 bits per heavy atom. The van der Waals surface area contributed by atoms with E-state index in [0.29, 0.717) is 5.57 Å². The minimum atomic E-state index is -0.341. The summed E-state index contributed by atoms with van der Waals surface area (Å²) in [6.45, 7) is 16.2. The van der Waals surface area contributed by atoms with Gasteiger partial charge >= 0.3 is 5.97 Å². The molecule has 1 heterocycles. The quantitative estimate of drug-likeness (QED) is 0.385. The molecule has 1 aromatic carbocycles. The number of esters is 1. The third kappa shape index (κ3) is 3.40. The summed E-state index contributed by atoms with van der Waals surface area (Å²) in [6.07, 6.45) is 3.71. The highest BCUT2D eigenvalue weighted by Gasteiger charge is 2.42. The molecule has 3 nitrogen and oxygen atoms in total. The van der Waals surface area contributed by atoms with Gasteiger partial charge in [-0.2, -0.15) is 0 Å². The molecule has 3 heteroatoms. The van der Waals surface area contributed by atoms with Crippen LogP contribution in [0.1, 0.15) is 58.9 Å². The fourth-order valence-electron chi connectivity index (χ4n) is 3.18. The van der Waals surface area contributed by atoms with Crippen molar-refractivity contribution in [1.82, 2.24) is 0 Å². The Kier molecular flexibility index (Phi) is 5.53. The summed E-state index contributed by atoms with van der Waals surface area (Å²) in [7, 11) is 0. The second-order valence-electron chi connectivity index (χ2n) is 7.09. The topological polar surface area (TPSA) is 29.5 Å². The van der Waals surface area contributed by atoms with Gasteiger partial charge < -0.3 is 9.64 Å². The first kappa shape index (κ1) is 18.3. The second kappa shape index (κ2) is 7.25. The van der Waals surface area contributed by atoms with E-state index < -0.39 is 0 Å². The van der Waals surface area contributed by atoms with Crippen LogP contribution in [0.3, 0.4) is 0 Å². The SMILES string of the molecule is C=C(C)C(=O)OC(CCCCC)N1C(=C)C(C)(C)c2ccccc21. The number of para-hydroxylation sites is 1. The number of fused-ring (bicyclic) bond motifs is 1. The Labute approximate surface area is 146 Å². The number of hydrogen-bond acceptors (Lipinski definition) is 3. The number of carbonyl (C=O) groups excluding carboxylic acids is 1. The monoisotopic (exact) mass is 327 g/mol. The van der Waals surface area contributed by atoms with Crippen molar-refractivity contribution in [3.63, 3.8) is 0 Å². The van der Waals surface area contributed by atoms with Crippen LogP contribution < -0.4 is 4.90 Å². The largest absolute Gasteiger partial charge is 0.438 e. The van der Waals surface area contributed by atoms with E-state index in [1.807, 2.05) is 12.1 Å². The zero-order valence-corrected chi connectivity index (χ0v) is 15.4. The van der Waals surface area contributed by atoms with Crippen LogP contribution in [-0.4, -0.2) is 12.2 Å². The zero-order chi connectivity index (χ0) is 17.9. The van der Waals surface area contributed by atoms with Gasteiger partial charge in [0.15, 0.2) is 6.23 Å². The predicted octanol–water partition coefficient (Wildman–Crippen LogP) is 5.32. The van der Waals surface area contributed by atoms with Crippen LogP contribution in [0.5, 0.6) is 0 Å². The average Bonchev–Trinajstić information content (AvgIpc) is 2.74. The average molecular weight is 327 g/mol. The van der Waals surface area contributed by atoms with Crippen LogP contribution in [0.2, 0.25) is 0 Å². The van der Waals surface area contributed by atoms with Gasteiger partial charge in [-0.3, -0.25) is 0 Å². The first-order valence-electron chi connectivity index (χ1n) is 8.75. The molecular weight excluding hydrogens is 298 g/mol. The van der Waals surface area contributed by atoms with E-state index in [9.17, 15) is 4.79 Å². The lowest BCUT2D eigenvalue weighted by Crippen LogP contribution is -2.38. The molecule has 0 fully saturated rings. The summed E-state index contributed by atoms with van der Waals surface area (Å²) in [5, 5.41) is 0. The Balaban J connectivity index is 2.36. The third-order valence-electron chi connectivity index (χ3n) is 4.78. The molecule has 0 aromatic heterocycles. The number of nitrogens with zero attached hydrogens (tertiary/aromatic N) is 1. The van der Waals surface area contributed by atoms with Crippen LogP contribution in [0.4, 0.5) is 5.69 Å². The smallest absolute Gasteiger partial charge is 0.335 e. The summed E-state index contributed by atoms with van der Waals surface area (Å²) in [5.41, 5.74) is 3.54. The first-order valence-corrected chi connectivity index (χ1v) is 8.75. The van der Waals surface area contributed by atoms with Crippen molar-refractivity contribution in [1.29, 1.82) is 0 Å². The van der Waals surface area contributed by atoms with Gasteiger partial charge in [0.05, 0.1) is 0 Å². The Morgan fingerprint density at radius 1 is 1.29 bits per heavy atom. The minimum Gasteiger partial charge on any atom is -0.438 e. The molecule has 0 amide bonds. The fourth-order valence-corrected chi connectivity index (χ4v) is 3.18. The Bertz CT molecular complexity index is 645. The van der Waals surface area contributed by atoms with Crippen LogP contribution in [0.15, 0.2) is 48.7 Å². The van der Waals surface area contributed by atoms with Crippen molar-refractivity contribution in [2.75, 3.05) is 4.90 Å². The molecule has 0 spiro atoms. The van der Waals surface area contributed by atoms with E-state index in [-0.39, 0.29) is 17.6 Å². The van der Waals surface area contributed by atoms with Crippen LogP contribution in [0.25, 0.3) is 0 Å². The molecule has 1 aromatic rings. The van der Waals surface area contributed by atoms with E-state index in [4.69, 9.17) is 4.74 Å². The van der Waals surface area contributed by atoms with Crippen LogP contribution in [0, 0.1) is 0 Å². The van der Waals surface area contributed by atoms with E-state index >= 15 is 0 Å². The third-order valence-corrected chi connectivity index (χ3v) is 4.78. The second-order valence-corrected chi connectivity index (χ2v) is 7.09. The lowest BCUT2D eigenvalue weighted by atomic mass is 9.84. The van der Waals surface area contributed by atoms with E-state index in [1.54, 1.807) is 6.92 Å². The summed E-state index contributed by atoms with van der Waals surface area (Å²) < 4.78 is 5.79. The molecule has 1 unspecified atom stereocenters. The molecule has 0 aliphatic carbocycles. The first-order chi connectivity index (χ1) is 11.3. The maximum atomic E-state index is 12.1. The number of anilines is 1. The molecule has 130 valence electrons. The number of hydrogen-bond donors (Lipinski definition) is 0. The van der Waals surface area contributed by atoms with Crippen molar-refractivity contribution in [3.05, 3.63) is 54.3 Å². The highest BCUT2D eigenvalue weighted by Crippen LogP contribution is 2.48. The molecule has 0 saturated carbocycles. The summed E-state index contributed by atoms with van der Waals surface area (Å²) in [6, 6.07) is 8.27. The maximum absolute atomic E-state index is 12.1. The standard InChI is InChI=1S/C21H29NO2/c1-7-8-9-14-19(24-20(23)15(2)3)22-16(4)21(5,6)17-12-10-11-13-18(17)22/h10-13,19H,2,4,7-9,14H2,1,3,5-6H3. The molecule has 1 aliphatic rings.